The largest absolute Gasteiger partial charge is 0.479 e. The standard InChI is InChI=1S/C23H21N3O3/c1-15-22(27)25-19-14-16(12-13-21(19)29-15)24-23(28)18-10-6-7-11-20(18)26(2)17-8-4-3-5-9-17/h3-15H,1-2H3,(H,24,28)(H,25,27). The average molecular weight is 387 g/mol. The molecule has 2 N–H and O–H groups in total. The van der Waals surface area contributed by atoms with Crippen molar-refractivity contribution in [3.8, 4) is 5.75 Å². The topological polar surface area (TPSA) is 70.7 Å². The Morgan fingerprint density at radius 3 is 2.55 bits per heavy atom. The lowest BCUT2D eigenvalue weighted by Crippen LogP contribution is -2.34. The molecule has 0 bridgehead atoms. The van der Waals surface area contributed by atoms with E-state index in [0.717, 1.165) is 11.4 Å². The van der Waals surface area contributed by atoms with Gasteiger partial charge in [0, 0.05) is 18.4 Å². The molecular weight excluding hydrogens is 366 g/mol. The minimum Gasteiger partial charge on any atom is -0.479 e. The predicted octanol–water partition coefficient (Wildman–Crippen LogP) is 4.43. The molecule has 0 fully saturated rings. The third-order valence-electron chi connectivity index (χ3n) is 4.82. The number of benzene rings is 3. The molecule has 29 heavy (non-hydrogen) atoms. The molecule has 1 atom stereocenters. The molecule has 0 spiro atoms. The Balaban J connectivity index is 1.59. The Morgan fingerprint density at radius 2 is 1.76 bits per heavy atom. The van der Waals surface area contributed by atoms with E-state index >= 15 is 0 Å². The number of amides is 2. The predicted molar refractivity (Wildman–Crippen MR) is 114 cm³/mol. The molecule has 0 radical (unpaired) electrons. The minimum atomic E-state index is -0.539. The van der Waals surface area contributed by atoms with Crippen LogP contribution < -0.4 is 20.3 Å². The van der Waals surface area contributed by atoms with Gasteiger partial charge in [-0.2, -0.15) is 0 Å². The van der Waals surface area contributed by atoms with Gasteiger partial charge >= 0.3 is 0 Å². The van der Waals surface area contributed by atoms with Gasteiger partial charge in [-0.1, -0.05) is 30.3 Å². The van der Waals surface area contributed by atoms with Crippen molar-refractivity contribution in [2.75, 3.05) is 22.6 Å². The maximum Gasteiger partial charge on any atom is 0.265 e. The Morgan fingerprint density at radius 1 is 1.03 bits per heavy atom. The van der Waals surface area contributed by atoms with Crippen LogP contribution in [-0.4, -0.2) is 25.0 Å². The lowest BCUT2D eigenvalue weighted by molar-refractivity contribution is -0.122. The van der Waals surface area contributed by atoms with Crippen molar-refractivity contribution in [3.63, 3.8) is 0 Å². The van der Waals surface area contributed by atoms with Crippen molar-refractivity contribution in [2.45, 2.75) is 13.0 Å². The number of anilines is 4. The number of carbonyl (C=O) groups excluding carboxylic acids is 2. The van der Waals surface area contributed by atoms with Gasteiger partial charge < -0.3 is 20.3 Å². The van der Waals surface area contributed by atoms with E-state index in [1.54, 1.807) is 31.2 Å². The van der Waals surface area contributed by atoms with E-state index in [-0.39, 0.29) is 11.8 Å². The van der Waals surface area contributed by atoms with Gasteiger partial charge in [-0.25, -0.2) is 0 Å². The molecule has 2 amide bonds. The summed E-state index contributed by atoms with van der Waals surface area (Å²) in [5.41, 5.74) is 3.44. The highest BCUT2D eigenvalue weighted by molar-refractivity contribution is 6.09. The lowest BCUT2D eigenvalue weighted by Gasteiger charge is -2.24. The quantitative estimate of drug-likeness (QED) is 0.695. The normalized spacial score (nSPS) is 15.0. The highest BCUT2D eigenvalue weighted by atomic mass is 16.5. The summed E-state index contributed by atoms with van der Waals surface area (Å²) in [6.07, 6.45) is -0.539. The summed E-state index contributed by atoms with van der Waals surface area (Å²) in [6.45, 7) is 1.69. The van der Waals surface area contributed by atoms with Crippen LogP contribution in [0.5, 0.6) is 5.75 Å². The maximum atomic E-state index is 13.0. The second-order valence-corrected chi connectivity index (χ2v) is 6.83. The van der Waals surface area contributed by atoms with Crippen LogP contribution in [0.3, 0.4) is 0 Å². The number of hydrogen-bond acceptors (Lipinski definition) is 4. The molecule has 0 aliphatic carbocycles. The summed E-state index contributed by atoms with van der Waals surface area (Å²) in [7, 11) is 1.92. The number of hydrogen-bond donors (Lipinski definition) is 2. The summed E-state index contributed by atoms with van der Waals surface area (Å²) in [5, 5.41) is 5.70. The molecule has 3 aromatic rings. The van der Waals surface area contributed by atoms with Crippen LogP contribution in [-0.2, 0) is 4.79 Å². The van der Waals surface area contributed by atoms with E-state index in [0.29, 0.717) is 22.7 Å². The molecule has 6 nitrogen and oxygen atoms in total. The first-order valence-electron chi connectivity index (χ1n) is 9.33. The molecule has 6 heteroatoms. The number of para-hydroxylation sites is 2. The van der Waals surface area contributed by atoms with Crippen molar-refractivity contribution in [2.24, 2.45) is 0 Å². The first-order chi connectivity index (χ1) is 14.0. The number of ether oxygens (including phenoxy) is 1. The van der Waals surface area contributed by atoms with Gasteiger partial charge in [-0.15, -0.1) is 0 Å². The van der Waals surface area contributed by atoms with E-state index in [4.69, 9.17) is 4.74 Å². The second-order valence-electron chi connectivity index (χ2n) is 6.83. The number of nitrogens with zero attached hydrogens (tertiary/aromatic N) is 1. The number of fused-ring (bicyclic) bond motifs is 1. The molecule has 1 heterocycles. The summed E-state index contributed by atoms with van der Waals surface area (Å²) in [4.78, 5) is 26.8. The van der Waals surface area contributed by atoms with E-state index in [1.165, 1.54) is 0 Å². The average Bonchev–Trinajstić information content (AvgIpc) is 2.75. The molecule has 0 saturated carbocycles. The van der Waals surface area contributed by atoms with E-state index in [1.807, 2.05) is 60.5 Å². The van der Waals surface area contributed by atoms with Crippen LogP contribution in [0, 0.1) is 0 Å². The third kappa shape index (κ3) is 3.78. The van der Waals surface area contributed by atoms with Gasteiger partial charge in [0.2, 0.25) is 0 Å². The first kappa shape index (κ1) is 18.6. The van der Waals surface area contributed by atoms with Crippen LogP contribution in [0.4, 0.5) is 22.7 Å². The van der Waals surface area contributed by atoms with Gasteiger partial charge in [0.1, 0.15) is 5.75 Å². The van der Waals surface area contributed by atoms with Crippen LogP contribution >= 0.6 is 0 Å². The van der Waals surface area contributed by atoms with Crippen molar-refractivity contribution in [3.05, 3.63) is 78.4 Å². The van der Waals surface area contributed by atoms with Gasteiger partial charge in [-0.3, -0.25) is 9.59 Å². The molecule has 1 aliphatic heterocycles. The summed E-state index contributed by atoms with van der Waals surface area (Å²) < 4.78 is 5.56. The Hall–Kier alpha value is -3.80. The Bertz CT molecular complexity index is 1070. The number of nitrogens with one attached hydrogen (secondary N) is 2. The van der Waals surface area contributed by atoms with Crippen LogP contribution in [0.1, 0.15) is 17.3 Å². The molecular formula is C23H21N3O3. The van der Waals surface area contributed by atoms with Crippen molar-refractivity contribution >= 4 is 34.6 Å². The molecule has 4 rings (SSSR count). The van der Waals surface area contributed by atoms with Crippen LogP contribution in [0.15, 0.2) is 72.8 Å². The fraction of sp³-hybridized carbons (Fsp3) is 0.130. The number of rotatable bonds is 4. The van der Waals surface area contributed by atoms with Gasteiger partial charge in [-0.05, 0) is 49.4 Å². The van der Waals surface area contributed by atoms with Gasteiger partial charge in [0.25, 0.3) is 11.8 Å². The van der Waals surface area contributed by atoms with E-state index in [9.17, 15) is 9.59 Å². The van der Waals surface area contributed by atoms with E-state index < -0.39 is 6.10 Å². The van der Waals surface area contributed by atoms with E-state index in [2.05, 4.69) is 10.6 Å². The van der Waals surface area contributed by atoms with Crippen LogP contribution in [0.2, 0.25) is 0 Å². The molecule has 0 aromatic heterocycles. The zero-order valence-electron chi connectivity index (χ0n) is 16.2. The third-order valence-corrected chi connectivity index (χ3v) is 4.82. The Labute approximate surface area is 169 Å². The number of carbonyl (C=O) groups is 2. The van der Waals surface area contributed by atoms with Gasteiger partial charge in [0.05, 0.1) is 16.9 Å². The lowest BCUT2D eigenvalue weighted by atomic mass is 10.1. The SMILES string of the molecule is CC1Oc2ccc(NC(=O)c3ccccc3N(C)c3ccccc3)cc2NC1=O. The fourth-order valence-corrected chi connectivity index (χ4v) is 3.23. The molecule has 0 saturated heterocycles. The zero-order chi connectivity index (χ0) is 20.4. The minimum absolute atomic E-state index is 0.212. The smallest absolute Gasteiger partial charge is 0.265 e. The van der Waals surface area contributed by atoms with Crippen molar-refractivity contribution < 1.29 is 14.3 Å². The van der Waals surface area contributed by atoms with Crippen LogP contribution in [0.25, 0.3) is 0 Å². The molecule has 1 aliphatic rings. The zero-order valence-corrected chi connectivity index (χ0v) is 16.2. The second kappa shape index (κ2) is 7.67. The Kier molecular flexibility index (Phi) is 4.91. The molecule has 1 unspecified atom stereocenters. The maximum absolute atomic E-state index is 13.0. The fourth-order valence-electron chi connectivity index (χ4n) is 3.23. The highest BCUT2D eigenvalue weighted by Crippen LogP contribution is 2.33. The summed E-state index contributed by atoms with van der Waals surface area (Å²) in [5.74, 6) is 0.134. The molecule has 3 aromatic carbocycles. The monoisotopic (exact) mass is 387 g/mol. The summed E-state index contributed by atoms with van der Waals surface area (Å²) in [6, 6.07) is 22.5. The highest BCUT2D eigenvalue weighted by Gasteiger charge is 2.24. The summed E-state index contributed by atoms with van der Waals surface area (Å²) >= 11 is 0. The van der Waals surface area contributed by atoms with Gasteiger partial charge in [0.15, 0.2) is 6.10 Å². The first-order valence-corrected chi connectivity index (χ1v) is 9.33. The van der Waals surface area contributed by atoms with Crippen molar-refractivity contribution in [1.82, 2.24) is 0 Å². The van der Waals surface area contributed by atoms with Crippen molar-refractivity contribution in [1.29, 1.82) is 0 Å². The molecule has 146 valence electrons.